The lowest BCUT2D eigenvalue weighted by atomic mass is 9.82. The summed E-state index contributed by atoms with van der Waals surface area (Å²) in [6.45, 7) is 4.28. The van der Waals surface area contributed by atoms with E-state index in [4.69, 9.17) is 9.73 Å². The van der Waals surface area contributed by atoms with E-state index in [0.717, 1.165) is 22.2 Å². The molecule has 3 atom stereocenters. The van der Waals surface area contributed by atoms with Gasteiger partial charge in [-0.1, -0.05) is 65.3 Å². The SMILES string of the molecule is COC(O)c1c(C2=[N+](C)C=NC3Sc4ccc5ccccc5c4C23)cc(C)c2c(C)cccc12. The molecule has 0 amide bonds. The first-order valence-corrected chi connectivity index (χ1v) is 12.4. The van der Waals surface area contributed by atoms with Gasteiger partial charge in [0.1, 0.15) is 11.6 Å². The minimum atomic E-state index is -1.03. The van der Waals surface area contributed by atoms with Crippen molar-refractivity contribution in [3.8, 4) is 0 Å². The predicted octanol–water partition coefficient (Wildman–Crippen LogP) is 5.94. The van der Waals surface area contributed by atoms with Gasteiger partial charge >= 0.3 is 0 Å². The molecular formula is C29H27N2O2S+. The van der Waals surface area contributed by atoms with E-state index in [-0.39, 0.29) is 11.3 Å². The number of fused-ring (bicyclic) bond motifs is 6. The lowest BCUT2D eigenvalue weighted by molar-refractivity contribution is -0.364. The maximum atomic E-state index is 11.1. The van der Waals surface area contributed by atoms with E-state index in [2.05, 4.69) is 86.1 Å². The van der Waals surface area contributed by atoms with Gasteiger partial charge in [-0.15, -0.1) is 0 Å². The van der Waals surface area contributed by atoms with Crippen molar-refractivity contribution in [2.45, 2.75) is 36.3 Å². The Labute approximate surface area is 203 Å². The lowest BCUT2D eigenvalue weighted by Crippen LogP contribution is -2.34. The summed E-state index contributed by atoms with van der Waals surface area (Å²) in [6.07, 6.45) is 0.898. The number of nitrogens with zero attached hydrogens (tertiary/aromatic N) is 2. The van der Waals surface area contributed by atoms with Crippen LogP contribution in [0.3, 0.4) is 0 Å². The molecule has 4 aromatic carbocycles. The zero-order valence-corrected chi connectivity index (χ0v) is 20.6. The molecule has 170 valence electrons. The zero-order valence-electron chi connectivity index (χ0n) is 19.7. The van der Waals surface area contributed by atoms with Crippen LogP contribution in [0.4, 0.5) is 0 Å². The van der Waals surface area contributed by atoms with Crippen LogP contribution in [0.15, 0.2) is 70.6 Å². The number of hydrogen-bond donors (Lipinski definition) is 1. The minimum Gasteiger partial charge on any atom is -0.364 e. The molecule has 0 fully saturated rings. The third-order valence-electron chi connectivity index (χ3n) is 7.19. The fourth-order valence-corrected chi connectivity index (χ4v) is 7.04. The van der Waals surface area contributed by atoms with Crippen molar-refractivity contribution in [2.75, 3.05) is 14.2 Å². The number of benzene rings is 4. The Bertz CT molecular complexity index is 1540. The summed E-state index contributed by atoms with van der Waals surface area (Å²) in [5.74, 6) is 0.0746. The molecule has 0 saturated heterocycles. The first-order chi connectivity index (χ1) is 16.5. The van der Waals surface area contributed by atoms with Gasteiger partial charge in [-0.2, -0.15) is 0 Å². The third kappa shape index (κ3) is 3.08. The van der Waals surface area contributed by atoms with Crippen molar-refractivity contribution in [1.29, 1.82) is 0 Å². The molecule has 1 N–H and O–H groups in total. The second-order valence-corrected chi connectivity index (χ2v) is 10.3. The maximum absolute atomic E-state index is 11.1. The van der Waals surface area contributed by atoms with Gasteiger partial charge in [0.2, 0.25) is 5.37 Å². The number of aryl methyl sites for hydroxylation is 2. The molecule has 0 aromatic heterocycles. The molecule has 5 heteroatoms. The van der Waals surface area contributed by atoms with Crippen LogP contribution in [0.2, 0.25) is 0 Å². The maximum Gasteiger partial charge on any atom is 0.281 e. The molecule has 0 radical (unpaired) electrons. The number of thioether (sulfide) groups is 1. The van der Waals surface area contributed by atoms with Crippen LogP contribution in [-0.2, 0) is 4.74 Å². The Morgan fingerprint density at radius 3 is 2.62 bits per heavy atom. The number of aliphatic hydroxyl groups excluding tert-OH is 1. The Kier molecular flexibility index (Phi) is 5.10. The molecule has 0 spiro atoms. The minimum absolute atomic E-state index is 0.0630. The van der Waals surface area contributed by atoms with E-state index in [1.807, 2.05) is 18.1 Å². The highest BCUT2D eigenvalue weighted by molar-refractivity contribution is 8.00. The number of methoxy groups -OCH3 is 1. The van der Waals surface area contributed by atoms with Gasteiger partial charge in [0.15, 0.2) is 6.29 Å². The largest absolute Gasteiger partial charge is 0.364 e. The predicted molar refractivity (Wildman–Crippen MR) is 141 cm³/mol. The highest BCUT2D eigenvalue weighted by Crippen LogP contribution is 2.51. The van der Waals surface area contributed by atoms with E-state index in [0.29, 0.717) is 0 Å². The van der Waals surface area contributed by atoms with E-state index in [9.17, 15) is 5.11 Å². The average molecular weight is 468 g/mol. The van der Waals surface area contributed by atoms with Crippen LogP contribution in [0.25, 0.3) is 21.5 Å². The molecular weight excluding hydrogens is 440 g/mol. The molecule has 2 aliphatic rings. The van der Waals surface area contributed by atoms with Gasteiger partial charge in [-0.05, 0) is 64.2 Å². The monoisotopic (exact) mass is 467 g/mol. The number of ether oxygens (including phenoxy) is 1. The van der Waals surface area contributed by atoms with E-state index in [1.165, 1.54) is 37.7 Å². The molecule has 4 aromatic rings. The standard InChI is InChI=1S/C29H27N2O2S/c1-16-8-7-11-20-23(16)17(2)14-21(24(20)29(32)33-4)27-26-25-19-10-6-5-9-18(19)12-13-22(25)34-28(26)30-15-31(27)3/h5-15,26,28-29,32H,1-4H3/q+1. The van der Waals surface area contributed by atoms with Crippen LogP contribution >= 0.6 is 11.8 Å². The van der Waals surface area contributed by atoms with Crippen molar-refractivity contribution >= 4 is 45.4 Å². The quantitative estimate of drug-likeness (QED) is 0.300. The third-order valence-corrected chi connectivity index (χ3v) is 8.44. The smallest absolute Gasteiger partial charge is 0.281 e. The van der Waals surface area contributed by atoms with Gasteiger partial charge in [-0.3, -0.25) is 0 Å². The fraction of sp³-hybridized carbons (Fsp3) is 0.241. The van der Waals surface area contributed by atoms with E-state index < -0.39 is 6.29 Å². The topological polar surface area (TPSA) is 44.8 Å². The molecule has 0 saturated carbocycles. The normalized spacial score (nSPS) is 20.1. The number of rotatable bonds is 3. The van der Waals surface area contributed by atoms with Crippen molar-refractivity contribution in [3.05, 3.63) is 88.5 Å². The number of aliphatic imine (C=N–C) groups is 1. The summed E-state index contributed by atoms with van der Waals surface area (Å²) in [4.78, 5) is 6.19. The highest BCUT2D eigenvalue weighted by atomic mass is 32.2. The van der Waals surface area contributed by atoms with Crippen molar-refractivity contribution in [1.82, 2.24) is 0 Å². The summed E-state index contributed by atoms with van der Waals surface area (Å²) in [5, 5.41) is 15.9. The second kappa shape index (κ2) is 8.05. The lowest BCUT2D eigenvalue weighted by Gasteiger charge is -2.25. The van der Waals surface area contributed by atoms with Crippen molar-refractivity contribution < 1.29 is 14.4 Å². The number of aliphatic hydroxyl groups is 1. The molecule has 0 aliphatic carbocycles. The van der Waals surface area contributed by atoms with E-state index >= 15 is 0 Å². The van der Waals surface area contributed by atoms with Crippen molar-refractivity contribution in [3.63, 3.8) is 0 Å². The van der Waals surface area contributed by atoms with Gasteiger partial charge in [0.05, 0.1) is 7.05 Å². The summed E-state index contributed by atoms with van der Waals surface area (Å²) in [7, 11) is 3.62. The first-order valence-electron chi connectivity index (χ1n) is 11.5. The summed E-state index contributed by atoms with van der Waals surface area (Å²) >= 11 is 1.83. The van der Waals surface area contributed by atoms with Gasteiger partial charge in [0, 0.05) is 23.1 Å². The second-order valence-electron chi connectivity index (χ2n) is 9.19. The molecule has 3 unspecified atom stereocenters. The van der Waals surface area contributed by atoms with Crippen LogP contribution in [-0.4, -0.2) is 41.3 Å². The summed E-state index contributed by atoms with van der Waals surface area (Å²) in [6, 6.07) is 21.5. The molecule has 2 heterocycles. The van der Waals surface area contributed by atoms with Crippen LogP contribution < -0.4 is 0 Å². The highest BCUT2D eigenvalue weighted by Gasteiger charge is 2.46. The molecule has 2 aliphatic heterocycles. The fourth-order valence-electron chi connectivity index (χ4n) is 5.76. The Balaban J connectivity index is 1.69. The number of hydrogen-bond acceptors (Lipinski definition) is 4. The Hall–Kier alpha value is -2.99. The van der Waals surface area contributed by atoms with Crippen molar-refractivity contribution in [2.24, 2.45) is 4.99 Å². The van der Waals surface area contributed by atoms with Gasteiger partial charge in [0.25, 0.3) is 6.34 Å². The van der Waals surface area contributed by atoms with Crippen LogP contribution in [0, 0.1) is 13.8 Å². The summed E-state index contributed by atoms with van der Waals surface area (Å²) in [5.41, 5.74) is 6.71. The first kappa shape index (κ1) is 21.5. The molecule has 6 rings (SSSR count). The van der Waals surface area contributed by atoms with Crippen LogP contribution in [0.1, 0.15) is 40.0 Å². The van der Waals surface area contributed by atoms with E-state index in [1.54, 1.807) is 7.11 Å². The van der Waals surface area contributed by atoms with Gasteiger partial charge in [-0.25, -0.2) is 4.58 Å². The Morgan fingerprint density at radius 2 is 1.79 bits per heavy atom. The van der Waals surface area contributed by atoms with Gasteiger partial charge < -0.3 is 9.84 Å². The Morgan fingerprint density at radius 1 is 1.00 bits per heavy atom. The molecule has 4 nitrogen and oxygen atoms in total. The summed E-state index contributed by atoms with van der Waals surface area (Å²) < 4.78 is 7.65. The van der Waals surface area contributed by atoms with Crippen LogP contribution in [0.5, 0.6) is 0 Å². The zero-order chi connectivity index (χ0) is 23.6. The molecule has 0 bridgehead atoms. The molecule has 34 heavy (non-hydrogen) atoms. The average Bonchev–Trinajstić information content (AvgIpc) is 3.22.